The van der Waals surface area contributed by atoms with E-state index in [1.807, 2.05) is 29.7 Å². The van der Waals surface area contributed by atoms with E-state index in [1.54, 1.807) is 0 Å². The molecule has 1 heterocycles. The normalized spacial score (nSPS) is 12.6. The van der Waals surface area contributed by atoms with Crippen LogP contribution in [0.1, 0.15) is 24.1 Å². The fourth-order valence-electron chi connectivity index (χ4n) is 1.97. The van der Waals surface area contributed by atoms with Gasteiger partial charge in [-0.1, -0.05) is 18.2 Å². The van der Waals surface area contributed by atoms with E-state index in [9.17, 15) is 0 Å². The van der Waals surface area contributed by atoms with Crippen molar-refractivity contribution < 1.29 is 0 Å². The standard InChI is InChI=1S/C15H21N3S/c1-4-18-10-13(9-17-18)14(16-3)11-19-15-8-6-5-7-12(15)2/h5-10,14,16H,4,11H2,1-3H3. The lowest BCUT2D eigenvalue weighted by atomic mass is 10.2. The highest BCUT2D eigenvalue weighted by Crippen LogP contribution is 2.26. The molecule has 0 aliphatic heterocycles. The molecule has 0 fully saturated rings. The second kappa shape index (κ2) is 6.78. The molecule has 3 nitrogen and oxygen atoms in total. The van der Waals surface area contributed by atoms with Crippen molar-refractivity contribution in [3.05, 3.63) is 47.8 Å². The smallest absolute Gasteiger partial charge is 0.0537 e. The van der Waals surface area contributed by atoms with E-state index >= 15 is 0 Å². The highest BCUT2D eigenvalue weighted by molar-refractivity contribution is 7.99. The maximum Gasteiger partial charge on any atom is 0.0537 e. The van der Waals surface area contributed by atoms with Gasteiger partial charge in [-0.25, -0.2) is 0 Å². The molecular formula is C15H21N3S. The summed E-state index contributed by atoms with van der Waals surface area (Å²) in [4.78, 5) is 1.35. The van der Waals surface area contributed by atoms with Crippen molar-refractivity contribution in [3.8, 4) is 0 Å². The first-order valence-corrected chi connectivity index (χ1v) is 7.61. The van der Waals surface area contributed by atoms with Crippen LogP contribution in [0, 0.1) is 6.92 Å². The van der Waals surface area contributed by atoms with Gasteiger partial charge in [0, 0.05) is 35.0 Å². The number of thioether (sulfide) groups is 1. The summed E-state index contributed by atoms with van der Waals surface area (Å²) in [6.45, 7) is 5.18. The van der Waals surface area contributed by atoms with Gasteiger partial charge in [-0.15, -0.1) is 11.8 Å². The lowest BCUT2D eigenvalue weighted by Gasteiger charge is -2.14. The molecule has 0 spiro atoms. The number of hydrogen-bond donors (Lipinski definition) is 1. The second-order valence-electron chi connectivity index (χ2n) is 4.55. The van der Waals surface area contributed by atoms with Gasteiger partial charge in [0.1, 0.15) is 0 Å². The van der Waals surface area contributed by atoms with E-state index in [2.05, 4.69) is 54.7 Å². The first-order valence-electron chi connectivity index (χ1n) is 6.62. The van der Waals surface area contributed by atoms with E-state index in [1.165, 1.54) is 16.0 Å². The van der Waals surface area contributed by atoms with Gasteiger partial charge < -0.3 is 5.32 Å². The van der Waals surface area contributed by atoms with Gasteiger partial charge in [-0.05, 0) is 32.5 Å². The van der Waals surface area contributed by atoms with Crippen molar-refractivity contribution >= 4 is 11.8 Å². The number of aromatic nitrogens is 2. The van der Waals surface area contributed by atoms with Gasteiger partial charge in [0.25, 0.3) is 0 Å². The van der Waals surface area contributed by atoms with E-state index in [-0.39, 0.29) is 0 Å². The Balaban J connectivity index is 2.02. The van der Waals surface area contributed by atoms with Crippen LogP contribution >= 0.6 is 11.8 Å². The fraction of sp³-hybridized carbons (Fsp3) is 0.400. The Kier molecular flexibility index (Phi) is 5.05. The topological polar surface area (TPSA) is 29.9 Å². The molecule has 0 saturated carbocycles. The van der Waals surface area contributed by atoms with Gasteiger partial charge in [-0.2, -0.15) is 5.10 Å². The molecule has 0 amide bonds. The highest BCUT2D eigenvalue weighted by atomic mass is 32.2. The third kappa shape index (κ3) is 3.61. The zero-order valence-electron chi connectivity index (χ0n) is 11.8. The first-order chi connectivity index (χ1) is 9.24. The molecule has 1 aromatic carbocycles. The van der Waals surface area contributed by atoms with Gasteiger partial charge in [0.2, 0.25) is 0 Å². The van der Waals surface area contributed by atoms with Gasteiger partial charge in [0.15, 0.2) is 0 Å². The van der Waals surface area contributed by atoms with Crippen LogP contribution in [0.25, 0.3) is 0 Å². The molecule has 1 unspecified atom stereocenters. The summed E-state index contributed by atoms with van der Waals surface area (Å²) in [7, 11) is 2.01. The minimum Gasteiger partial charge on any atom is -0.312 e. The molecule has 1 N–H and O–H groups in total. The zero-order chi connectivity index (χ0) is 13.7. The highest BCUT2D eigenvalue weighted by Gasteiger charge is 2.12. The Morgan fingerprint density at radius 1 is 1.37 bits per heavy atom. The lowest BCUT2D eigenvalue weighted by molar-refractivity contribution is 0.645. The summed E-state index contributed by atoms with van der Waals surface area (Å²) in [5.74, 6) is 1.01. The van der Waals surface area contributed by atoms with Crippen LogP contribution in [-0.2, 0) is 6.54 Å². The first kappa shape index (κ1) is 14.2. The molecular weight excluding hydrogens is 254 g/mol. The number of aryl methyl sites for hydroxylation is 2. The van der Waals surface area contributed by atoms with Crippen LogP contribution in [0.15, 0.2) is 41.6 Å². The molecule has 0 radical (unpaired) electrons. The molecule has 2 rings (SSSR count). The molecule has 0 bridgehead atoms. The molecule has 2 aromatic rings. The molecule has 1 atom stereocenters. The summed E-state index contributed by atoms with van der Waals surface area (Å²) in [5, 5.41) is 7.71. The average molecular weight is 275 g/mol. The Labute approximate surface area is 119 Å². The summed E-state index contributed by atoms with van der Waals surface area (Å²) in [6, 6.07) is 8.86. The maximum atomic E-state index is 4.34. The second-order valence-corrected chi connectivity index (χ2v) is 5.61. The van der Waals surface area contributed by atoms with Crippen LogP contribution in [0.4, 0.5) is 0 Å². The Morgan fingerprint density at radius 3 is 2.79 bits per heavy atom. The van der Waals surface area contributed by atoms with Crippen LogP contribution in [0.3, 0.4) is 0 Å². The molecule has 0 aliphatic carbocycles. The van der Waals surface area contributed by atoms with E-state index in [4.69, 9.17) is 0 Å². The quantitative estimate of drug-likeness (QED) is 0.821. The minimum atomic E-state index is 0.338. The van der Waals surface area contributed by atoms with Crippen LogP contribution < -0.4 is 5.32 Å². The van der Waals surface area contributed by atoms with Crippen LogP contribution in [0.2, 0.25) is 0 Å². The predicted molar refractivity (Wildman–Crippen MR) is 81.6 cm³/mol. The summed E-state index contributed by atoms with van der Waals surface area (Å²) in [5.41, 5.74) is 2.59. The van der Waals surface area contributed by atoms with E-state index in [0.29, 0.717) is 6.04 Å². The lowest BCUT2D eigenvalue weighted by Crippen LogP contribution is -2.18. The Bertz CT molecular complexity index is 522. The predicted octanol–water partition coefficient (Wildman–Crippen LogP) is 3.26. The third-order valence-corrected chi connectivity index (χ3v) is 4.50. The van der Waals surface area contributed by atoms with Crippen molar-refractivity contribution in [2.24, 2.45) is 0 Å². The SMILES string of the molecule is CCn1cc(C(CSc2ccccc2C)NC)cn1. The number of nitrogens with zero attached hydrogens (tertiary/aromatic N) is 2. The summed E-state index contributed by atoms with van der Waals surface area (Å²) >= 11 is 1.89. The van der Waals surface area contributed by atoms with Crippen molar-refractivity contribution in [3.63, 3.8) is 0 Å². The largest absolute Gasteiger partial charge is 0.312 e. The maximum absolute atomic E-state index is 4.34. The van der Waals surface area contributed by atoms with Crippen molar-refractivity contribution in [1.82, 2.24) is 15.1 Å². The molecule has 0 aliphatic rings. The van der Waals surface area contributed by atoms with Crippen LogP contribution in [0.5, 0.6) is 0 Å². The minimum absolute atomic E-state index is 0.338. The van der Waals surface area contributed by atoms with Gasteiger partial charge >= 0.3 is 0 Å². The number of benzene rings is 1. The monoisotopic (exact) mass is 275 g/mol. The molecule has 1 aromatic heterocycles. The summed E-state index contributed by atoms with van der Waals surface area (Å²) in [6.07, 6.45) is 4.09. The summed E-state index contributed by atoms with van der Waals surface area (Å²) < 4.78 is 1.97. The number of nitrogens with one attached hydrogen (secondary N) is 1. The zero-order valence-corrected chi connectivity index (χ0v) is 12.6. The number of rotatable bonds is 6. The molecule has 0 saturated heterocycles. The molecule has 19 heavy (non-hydrogen) atoms. The molecule has 102 valence electrons. The molecule has 4 heteroatoms. The van der Waals surface area contributed by atoms with E-state index in [0.717, 1.165) is 12.3 Å². The van der Waals surface area contributed by atoms with Crippen molar-refractivity contribution in [1.29, 1.82) is 0 Å². The Morgan fingerprint density at radius 2 is 2.16 bits per heavy atom. The van der Waals surface area contributed by atoms with Crippen molar-refractivity contribution in [2.45, 2.75) is 31.3 Å². The van der Waals surface area contributed by atoms with E-state index < -0.39 is 0 Å². The fourth-order valence-corrected chi connectivity index (χ4v) is 3.15. The third-order valence-electron chi connectivity index (χ3n) is 3.23. The number of hydrogen-bond acceptors (Lipinski definition) is 3. The average Bonchev–Trinajstić information content (AvgIpc) is 2.90. The van der Waals surface area contributed by atoms with Crippen LogP contribution in [-0.4, -0.2) is 22.6 Å². The van der Waals surface area contributed by atoms with Gasteiger partial charge in [0.05, 0.1) is 6.20 Å². The van der Waals surface area contributed by atoms with Gasteiger partial charge in [-0.3, -0.25) is 4.68 Å². The Hall–Kier alpha value is -1.26. The van der Waals surface area contributed by atoms with Crippen molar-refractivity contribution in [2.75, 3.05) is 12.8 Å².